The van der Waals surface area contributed by atoms with E-state index in [0.29, 0.717) is 32.7 Å². The van der Waals surface area contributed by atoms with E-state index in [0.717, 1.165) is 28.6 Å². The van der Waals surface area contributed by atoms with Crippen molar-refractivity contribution in [2.24, 2.45) is 5.10 Å². The highest BCUT2D eigenvalue weighted by atomic mass is 32.1. The first-order valence-corrected chi connectivity index (χ1v) is 13.4. The quantitative estimate of drug-likeness (QED) is 0.626. The second-order valence-electron chi connectivity index (χ2n) is 9.55. The molecular formula is C24H33N5O3S2. The van der Waals surface area contributed by atoms with Gasteiger partial charge in [-0.3, -0.25) is 9.69 Å². The maximum Gasteiger partial charge on any atom is 0.318 e. The van der Waals surface area contributed by atoms with Gasteiger partial charge < -0.3 is 15.0 Å². The van der Waals surface area contributed by atoms with E-state index in [2.05, 4.69) is 10.2 Å². The summed E-state index contributed by atoms with van der Waals surface area (Å²) in [5, 5.41) is 13.4. The van der Waals surface area contributed by atoms with Gasteiger partial charge in [-0.15, -0.1) is 22.7 Å². The zero-order valence-corrected chi connectivity index (χ0v) is 21.7. The normalized spacial score (nSPS) is 19.2. The lowest BCUT2D eigenvalue weighted by molar-refractivity contribution is -0.133. The summed E-state index contributed by atoms with van der Waals surface area (Å²) < 4.78 is 5.43. The number of hydrogen-bond acceptors (Lipinski definition) is 7. The van der Waals surface area contributed by atoms with E-state index in [1.54, 1.807) is 32.6 Å². The maximum absolute atomic E-state index is 13.6. The van der Waals surface area contributed by atoms with Gasteiger partial charge >= 0.3 is 6.03 Å². The number of nitrogens with one attached hydrogen (secondary N) is 1. The highest BCUT2D eigenvalue weighted by Gasteiger charge is 2.35. The van der Waals surface area contributed by atoms with Crippen LogP contribution in [0.15, 0.2) is 40.1 Å². The molecule has 4 rings (SSSR count). The summed E-state index contributed by atoms with van der Waals surface area (Å²) in [5.74, 6) is -0.170. The summed E-state index contributed by atoms with van der Waals surface area (Å²) in [5.41, 5.74) is 0.524. The van der Waals surface area contributed by atoms with Crippen LogP contribution in [-0.4, -0.2) is 83.9 Å². The zero-order valence-electron chi connectivity index (χ0n) is 20.0. The fourth-order valence-corrected chi connectivity index (χ4v) is 5.54. The highest BCUT2D eigenvalue weighted by Crippen LogP contribution is 2.36. The van der Waals surface area contributed by atoms with E-state index in [1.807, 2.05) is 55.8 Å². The average molecular weight is 504 g/mol. The lowest BCUT2D eigenvalue weighted by Crippen LogP contribution is -2.53. The molecule has 8 nitrogen and oxygen atoms in total. The molecule has 34 heavy (non-hydrogen) atoms. The fourth-order valence-electron chi connectivity index (χ4n) is 4.01. The van der Waals surface area contributed by atoms with Crippen molar-refractivity contribution in [3.8, 4) is 0 Å². The van der Waals surface area contributed by atoms with Crippen LogP contribution in [0, 0.1) is 0 Å². The van der Waals surface area contributed by atoms with Gasteiger partial charge in [0, 0.05) is 43.0 Å². The Morgan fingerprint density at radius 3 is 2.56 bits per heavy atom. The summed E-state index contributed by atoms with van der Waals surface area (Å²) in [6.45, 7) is 10.0. The molecule has 1 unspecified atom stereocenters. The number of hydrogen-bond donors (Lipinski definition) is 1. The van der Waals surface area contributed by atoms with Gasteiger partial charge in [-0.25, -0.2) is 9.80 Å². The van der Waals surface area contributed by atoms with Crippen LogP contribution in [0.25, 0.3) is 0 Å². The summed E-state index contributed by atoms with van der Waals surface area (Å²) in [7, 11) is 0. The van der Waals surface area contributed by atoms with Gasteiger partial charge in [-0.05, 0) is 43.7 Å². The van der Waals surface area contributed by atoms with Crippen molar-refractivity contribution >= 4 is 40.3 Å². The molecule has 10 heteroatoms. The molecule has 0 aromatic carbocycles. The summed E-state index contributed by atoms with van der Waals surface area (Å²) in [6, 6.07) is 7.70. The number of thiophene rings is 2. The smallest absolute Gasteiger partial charge is 0.318 e. The van der Waals surface area contributed by atoms with E-state index >= 15 is 0 Å². The predicted octanol–water partition coefficient (Wildman–Crippen LogP) is 3.63. The third-order valence-electron chi connectivity index (χ3n) is 5.73. The minimum Gasteiger partial charge on any atom is -0.379 e. The Balaban J connectivity index is 1.50. The van der Waals surface area contributed by atoms with Crippen molar-refractivity contribution in [1.82, 2.24) is 20.1 Å². The maximum atomic E-state index is 13.6. The second-order valence-corrected chi connectivity index (χ2v) is 11.5. The first-order valence-electron chi connectivity index (χ1n) is 11.6. The third kappa shape index (κ3) is 6.44. The number of ether oxygens (including phenoxy) is 1. The van der Waals surface area contributed by atoms with Gasteiger partial charge in [0.2, 0.25) is 0 Å². The number of carbonyl (C=O) groups excluding carboxylic acids is 2. The summed E-state index contributed by atoms with van der Waals surface area (Å²) >= 11 is 3.25. The van der Waals surface area contributed by atoms with Crippen LogP contribution in [0.3, 0.4) is 0 Å². The van der Waals surface area contributed by atoms with Crippen molar-refractivity contribution in [2.75, 3.05) is 45.9 Å². The first-order chi connectivity index (χ1) is 16.3. The number of carbonyl (C=O) groups is 2. The summed E-state index contributed by atoms with van der Waals surface area (Å²) in [4.78, 5) is 32.7. The molecule has 1 N–H and O–H groups in total. The average Bonchev–Trinajstić information content (AvgIpc) is 3.56. The minimum atomic E-state index is -0.394. The number of amides is 3. The Morgan fingerprint density at radius 2 is 1.91 bits per heavy atom. The van der Waals surface area contributed by atoms with Crippen LogP contribution in [0.4, 0.5) is 4.79 Å². The van der Waals surface area contributed by atoms with Crippen LogP contribution in [0.2, 0.25) is 0 Å². The van der Waals surface area contributed by atoms with Gasteiger partial charge in [-0.2, -0.15) is 5.10 Å². The molecule has 1 saturated heterocycles. The lowest BCUT2D eigenvalue weighted by atomic mass is 10.1. The number of morpholine rings is 1. The van der Waals surface area contributed by atoms with Crippen LogP contribution in [0.1, 0.15) is 43.0 Å². The molecule has 0 aliphatic carbocycles. The summed E-state index contributed by atoms with van der Waals surface area (Å²) in [6.07, 6.45) is 0.675. The fraction of sp³-hybridized carbons (Fsp3) is 0.542. The van der Waals surface area contributed by atoms with Gasteiger partial charge in [0.1, 0.15) is 6.54 Å². The van der Waals surface area contributed by atoms with E-state index in [1.165, 1.54) is 0 Å². The molecule has 3 amide bonds. The van der Waals surface area contributed by atoms with Crippen molar-refractivity contribution < 1.29 is 14.3 Å². The molecule has 2 aromatic heterocycles. The standard InChI is InChI=1S/C24H33N5O3S2/c1-24(2,3)25-23(31)28(9-8-27-10-12-32-13-11-27)17-22(30)29-19(21-7-5-15-34-21)16-18(26-29)20-6-4-14-33-20/h4-7,14-15,19H,8-13,16-17H2,1-3H3,(H,25,31). The van der Waals surface area contributed by atoms with E-state index in [4.69, 9.17) is 9.84 Å². The monoisotopic (exact) mass is 503 g/mol. The molecule has 0 spiro atoms. The van der Waals surface area contributed by atoms with Crippen molar-refractivity contribution in [3.05, 3.63) is 44.8 Å². The Kier molecular flexibility index (Phi) is 8.02. The number of urea groups is 1. The first kappa shape index (κ1) is 24.8. The largest absolute Gasteiger partial charge is 0.379 e. The van der Waals surface area contributed by atoms with Gasteiger partial charge in [-0.1, -0.05) is 12.1 Å². The Morgan fingerprint density at radius 1 is 1.18 bits per heavy atom. The minimum absolute atomic E-state index is 0.0185. The van der Waals surface area contributed by atoms with Crippen LogP contribution in [-0.2, 0) is 9.53 Å². The van der Waals surface area contributed by atoms with Gasteiger partial charge in [0.15, 0.2) is 0 Å². The molecule has 2 aromatic rings. The highest BCUT2D eigenvalue weighted by molar-refractivity contribution is 7.12. The van der Waals surface area contributed by atoms with E-state index in [9.17, 15) is 9.59 Å². The zero-order chi connectivity index (χ0) is 24.1. The molecule has 184 valence electrons. The number of nitrogens with zero attached hydrogens (tertiary/aromatic N) is 4. The lowest BCUT2D eigenvalue weighted by Gasteiger charge is -2.32. The SMILES string of the molecule is CC(C)(C)NC(=O)N(CCN1CCOCC1)CC(=O)N1N=C(c2cccs2)CC1c1cccs1. The van der Waals surface area contributed by atoms with Crippen LogP contribution in [0.5, 0.6) is 0 Å². The molecule has 2 aliphatic rings. The third-order valence-corrected chi connectivity index (χ3v) is 7.62. The topological polar surface area (TPSA) is 77.5 Å². The Hall–Kier alpha value is -2.27. The molecule has 1 atom stereocenters. The van der Waals surface area contributed by atoms with E-state index in [-0.39, 0.29) is 24.5 Å². The Bertz CT molecular complexity index is 979. The molecule has 4 heterocycles. The molecular weight excluding hydrogens is 470 g/mol. The van der Waals surface area contributed by atoms with Gasteiger partial charge in [0.05, 0.1) is 29.8 Å². The van der Waals surface area contributed by atoms with Crippen LogP contribution < -0.4 is 5.32 Å². The number of rotatable bonds is 7. The molecule has 0 radical (unpaired) electrons. The Labute approximate surface area is 209 Å². The predicted molar refractivity (Wildman–Crippen MR) is 136 cm³/mol. The van der Waals surface area contributed by atoms with Crippen molar-refractivity contribution in [1.29, 1.82) is 0 Å². The molecule has 2 aliphatic heterocycles. The van der Waals surface area contributed by atoms with Crippen LogP contribution >= 0.6 is 22.7 Å². The van der Waals surface area contributed by atoms with Gasteiger partial charge in [0.25, 0.3) is 5.91 Å². The molecule has 0 bridgehead atoms. The van der Waals surface area contributed by atoms with Crippen molar-refractivity contribution in [3.63, 3.8) is 0 Å². The van der Waals surface area contributed by atoms with Crippen molar-refractivity contribution in [2.45, 2.75) is 38.8 Å². The number of hydrazone groups is 1. The second kappa shape index (κ2) is 11.0. The molecule has 1 fully saturated rings. The van der Waals surface area contributed by atoms with E-state index < -0.39 is 5.54 Å². The molecule has 0 saturated carbocycles.